The van der Waals surface area contributed by atoms with Gasteiger partial charge in [0.25, 0.3) is 0 Å². The molecule has 0 spiro atoms. The number of nitrogens with zero attached hydrogens (tertiary/aromatic N) is 5. The highest BCUT2D eigenvalue weighted by Crippen LogP contribution is 2.22. The summed E-state index contributed by atoms with van der Waals surface area (Å²) in [6.07, 6.45) is 10.8. The Bertz CT molecular complexity index is 580. The molecule has 1 unspecified atom stereocenters. The standard InChI is InChI=1S/C19H34N6O/c1-20-19(21-9-10-23(2)17-7-5-4-6-8-17)25-11-12-26-18(15-25)16-13-22-24(3)14-16/h13-14,17-18H,4-12,15H2,1-3H3,(H,20,21). The Morgan fingerprint density at radius 3 is 2.88 bits per heavy atom. The van der Waals surface area contributed by atoms with E-state index >= 15 is 0 Å². The predicted molar refractivity (Wildman–Crippen MR) is 104 cm³/mol. The number of ether oxygens (including phenoxy) is 1. The summed E-state index contributed by atoms with van der Waals surface area (Å²) in [4.78, 5) is 9.30. The van der Waals surface area contributed by atoms with Gasteiger partial charge in [0.2, 0.25) is 0 Å². The number of hydrogen-bond acceptors (Lipinski definition) is 4. The zero-order chi connectivity index (χ0) is 18.4. The molecule has 0 aromatic carbocycles. The molecule has 2 fully saturated rings. The maximum Gasteiger partial charge on any atom is 0.193 e. The summed E-state index contributed by atoms with van der Waals surface area (Å²) in [6, 6.07) is 0.755. The van der Waals surface area contributed by atoms with Gasteiger partial charge in [-0.3, -0.25) is 9.67 Å². The van der Waals surface area contributed by atoms with E-state index in [1.54, 1.807) is 0 Å². The third-order valence-electron chi connectivity index (χ3n) is 5.62. The Balaban J connectivity index is 1.47. The average molecular weight is 363 g/mol. The number of aliphatic imine (C=N–C) groups is 1. The molecule has 1 saturated carbocycles. The monoisotopic (exact) mass is 362 g/mol. The van der Waals surface area contributed by atoms with Crippen LogP contribution < -0.4 is 5.32 Å². The lowest BCUT2D eigenvalue weighted by Gasteiger charge is -2.35. The number of likely N-dealkylation sites (N-methyl/N-ethyl adjacent to an activating group) is 1. The average Bonchev–Trinajstić information content (AvgIpc) is 3.12. The van der Waals surface area contributed by atoms with Crippen LogP contribution in [-0.4, -0.2) is 78.5 Å². The Kier molecular flexibility index (Phi) is 6.91. The molecule has 7 nitrogen and oxygen atoms in total. The van der Waals surface area contributed by atoms with Crippen LogP contribution in [0.4, 0.5) is 0 Å². The van der Waals surface area contributed by atoms with Crippen molar-refractivity contribution < 1.29 is 4.74 Å². The lowest BCUT2D eigenvalue weighted by Crippen LogP contribution is -2.49. The Labute approximate surface area is 157 Å². The summed E-state index contributed by atoms with van der Waals surface area (Å²) in [6.45, 7) is 4.37. The largest absolute Gasteiger partial charge is 0.370 e. The van der Waals surface area contributed by atoms with Gasteiger partial charge in [0.1, 0.15) is 6.10 Å². The summed E-state index contributed by atoms with van der Waals surface area (Å²) in [5, 5.41) is 7.81. The number of nitrogens with one attached hydrogen (secondary N) is 1. The summed E-state index contributed by atoms with van der Waals surface area (Å²) < 4.78 is 7.76. The first-order chi connectivity index (χ1) is 12.7. The van der Waals surface area contributed by atoms with Crippen molar-refractivity contribution in [1.29, 1.82) is 0 Å². The molecule has 2 aliphatic rings. The highest BCUT2D eigenvalue weighted by molar-refractivity contribution is 5.80. The molecule has 1 aromatic heterocycles. The van der Waals surface area contributed by atoms with Crippen molar-refractivity contribution in [2.75, 3.05) is 46.9 Å². The minimum atomic E-state index is 0.0564. The number of morpholine rings is 1. The Morgan fingerprint density at radius 2 is 2.19 bits per heavy atom. The molecular formula is C19H34N6O. The molecule has 1 saturated heterocycles. The molecule has 1 aliphatic carbocycles. The first-order valence-electron chi connectivity index (χ1n) is 9.93. The smallest absolute Gasteiger partial charge is 0.193 e. The van der Waals surface area contributed by atoms with Crippen molar-refractivity contribution in [1.82, 2.24) is 24.9 Å². The normalized spacial score (nSPS) is 22.8. The minimum absolute atomic E-state index is 0.0564. The molecule has 1 aromatic rings. The van der Waals surface area contributed by atoms with Crippen LogP contribution in [0.2, 0.25) is 0 Å². The van der Waals surface area contributed by atoms with Gasteiger partial charge in [-0.25, -0.2) is 0 Å². The van der Waals surface area contributed by atoms with Gasteiger partial charge in [0.15, 0.2) is 5.96 Å². The van der Waals surface area contributed by atoms with Gasteiger partial charge >= 0.3 is 0 Å². The van der Waals surface area contributed by atoms with E-state index < -0.39 is 0 Å². The Hall–Kier alpha value is -1.60. The number of aromatic nitrogens is 2. The number of rotatable bonds is 5. The van der Waals surface area contributed by atoms with Gasteiger partial charge in [-0.1, -0.05) is 19.3 Å². The van der Waals surface area contributed by atoms with Gasteiger partial charge in [-0.2, -0.15) is 5.10 Å². The van der Waals surface area contributed by atoms with Gasteiger partial charge in [0.05, 0.1) is 19.3 Å². The molecule has 1 N–H and O–H groups in total. The second kappa shape index (κ2) is 9.37. The molecule has 7 heteroatoms. The highest BCUT2D eigenvalue weighted by atomic mass is 16.5. The fourth-order valence-electron chi connectivity index (χ4n) is 4.03. The van der Waals surface area contributed by atoms with Crippen molar-refractivity contribution in [2.45, 2.75) is 44.2 Å². The molecule has 1 atom stereocenters. The van der Waals surface area contributed by atoms with Crippen molar-refractivity contribution in [3.8, 4) is 0 Å². The quantitative estimate of drug-likeness (QED) is 0.637. The molecule has 26 heavy (non-hydrogen) atoms. The van der Waals surface area contributed by atoms with Crippen LogP contribution in [0.15, 0.2) is 17.4 Å². The zero-order valence-electron chi connectivity index (χ0n) is 16.5. The molecule has 3 rings (SSSR count). The van der Waals surface area contributed by atoms with Gasteiger partial charge in [0, 0.05) is 51.5 Å². The second-order valence-corrected chi connectivity index (χ2v) is 7.50. The number of guanidine groups is 1. The predicted octanol–water partition coefficient (Wildman–Crippen LogP) is 1.63. The van der Waals surface area contributed by atoms with Crippen molar-refractivity contribution in [3.63, 3.8) is 0 Å². The summed E-state index contributed by atoms with van der Waals surface area (Å²) in [7, 11) is 6.06. The highest BCUT2D eigenvalue weighted by Gasteiger charge is 2.25. The van der Waals surface area contributed by atoms with E-state index in [9.17, 15) is 0 Å². The fourth-order valence-corrected chi connectivity index (χ4v) is 4.03. The first-order valence-corrected chi connectivity index (χ1v) is 9.93. The molecule has 0 bridgehead atoms. The summed E-state index contributed by atoms with van der Waals surface area (Å²) in [5.41, 5.74) is 1.13. The summed E-state index contributed by atoms with van der Waals surface area (Å²) in [5.74, 6) is 0.972. The molecule has 0 radical (unpaired) electrons. The second-order valence-electron chi connectivity index (χ2n) is 7.50. The van der Waals surface area contributed by atoms with Crippen LogP contribution in [0.5, 0.6) is 0 Å². The molecule has 146 valence electrons. The topological polar surface area (TPSA) is 57.9 Å². The number of hydrogen-bond donors (Lipinski definition) is 1. The van der Waals surface area contributed by atoms with Crippen LogP contribution in [-0.2, 0) is 11.8 Å². The number of aryl methyl sites for hydroxylation is 1. The minimum Gasteiger partial charge on any atom is -0.370 e. The van der Waals surface area contributed by atoms with Crippen LogP contribution in [0.1, 0.15) is 43.8 Å². The maximum absolute atomic E-state index is 5.94. The van der Waals surface area contributed by atoms with Crippen molar-refractivity contribution >= 4 is 5.96 Å². The first kappa shape index (κ1) is 19.2. The van der Waals surface area contributed by atoms with Crippen molar-refractivity contribution in [3.05, 3.63) is 18.0 Å². The third-order valence-corrected chi connectivity index (χ3v) is 5.62. The SMILES string of the molecule is CN=C(NCCN(C)C1CCCCC1)N1CCOC(c2cnn(C)c2)C1. The zero-order valence-corrected chi connectivity index (χ0v) is 16.5. The van der Waals surface area contributed by atoms with E-state index in [1.807, 2.05) is 31.2 Å². The van der Waals surface area contributed by atoms with E-state index in [2.05, 4.69) is 32.3 Å². The van der Waals surface area contributed by atoms with Crippen LogP contribution in [0.3, 0.4) is 0 Å². The van der Waals surface area contributed by atoms with Crippen LogP contribution in [0.25, 0.3) is 0 Å². The molecule has 0 amide bonds. The van der Waals surface area contributed by atoms with E-state index in [-0.39, 0.29) is 6.10 Å². The van der Waals surface area contributed by atoms with Crippen LogP contribution >= 0.6 is 0 Å². The summed E-state index contributed by atoms with van der Waals surface area (Å²) >= 11 is 0. The molecular weight excluding hydrogens is 328 g/mol. The fraction of sp³-hybridized carbons (Fsp3) is 0.789. The molecule has 1 aliphatic heterocycles. The third kappa shape index (κ3) is 4.98. The van der Waals surface area contributed by atoms with Crippen LogP contribution in [0, 0.1) is 0 Å². The lowest BCUT2D eigenvalue weighted by atomic mass is 9.94. The molecule has 2 heterocycles. The maximum atomic E-state index is 5.94. The van der Waals surface area contributed by atoms with E-state index in [0.29, 0.717) is 6.61 Å². The van der Waals surface area contributed by atoms with E-state index in [1.165, 1.54) is 32.1 Å². The van der Waals surface area contributed by atoms with Gasteiger partial charge in [-0.15, -0.1) is 0 Å². The van der Waals surface area contributed by atoms with E-state index in [4.69, 9.17) is 4.74 Å². The van der Waals surface area contributed by atoms with Crippen molar-refractivity contribution in [2.24, 2.45) is 12.0 Å². The van der Waals surface area contributed by atoms with Gasteiger partial charge in [-0.05, 0) is 19.9 Å². The van der Waals surface area contributed by atoms with E-state index in [0.717, 1.165) is 43.7 Å². The lowest BCUT2D eigenvalue weighted by molar-refractivity contribution is -0.00806. The van der Waals surface area contributed by atoms with Gasteiger partial charge < -0.3 is 19.9 Å². The Morgan fingerprint density at radius 1 is 1.38 bits per heavy atom.